The molecular formula is C15H24FN3O. The zero-order valence-electron chi connectivity index (χ0n) is 12.5. The third-order valence-electron chi connectivity index (χ3n) is 3.13. The maximum absolute atomic E-state index is 12.8. The second-order valence-electron chi connectivity index (χ2n) is 5.00. The van der Waals surface area contributed by atoms with Crippen LogP contribution in [0.25, 0.3) is 0 Å². The number of nitrogens with zero attached hydrogens (tertiary/aromatic N) is 2. The molecule has 0 unspecified atom stereocenters. The Labute approximate surface area is 120 Å². The molecule has 0 fully saturated rings. The zero-order valence-corrected chi connectivity index (χ0v) is 12.5. The summed E-state index contributed by atoms with van der Waals surface area (Å²) in [5, 5.41) is 2.85. The Bertz CT molecular complexity index is 406. The third-order valence-corrected chi connectivity index (χ3v) is 3.13. The molecule has 1 rings (SSSR count). The minimum atomic E-state index is -0.331. The van der Waals surface area contributed by atoms with E-state index in [-0.39, 0.29) is 11.7 Å². The molecule has 1 aromatic carbocycles. The highest BCUT2D eigenvalue weighted by molar-refractivity contribution is 5.94. The van der Waals surface area contributed by atoms with E-state index in [1.54, 1.807) is 0 Å². The van der Waals surface area contributed by atoms with Crippen LogP contribution in [0, 0.1) is 5.82 Å². The first kappa shape index (κ1) is 16.6. The van der Waals surface area contributed by atoms with Crippen molar-refractivity contribution in [1.29, 1.82) is 0 Å². The molecular weight excluding hydrogens is 257 g/mol. The molecule has 1 aromatic rings. The molecule has 1 N–H and O–H groups in total. The molecule has 112 valence electrons. The topological polar surface area (TPSA) is 35.6 Å². The fourth-order valence-electron chi connectivity index (χ4n) is 1.80. The van der Waals surface area contributed by atoms with Gasteiger partial charge in [0.05, 0.1) is 0 Å². The molecule has 0 saturated carbocycles. The summed E-state index contributed by atoms with van der Waals surface area (Å²) in [5.41, 5.74) is 0.489. The molecule has 0 bridgehead atoms. The van der Waals surface area contributed by atoms with Gasteiger partial charge in [0.1, 0.15) is 5.82 Å². The van der Waals surface area contributed by atoms with Crippen molar-refractivity contribution in [3.8, 4) is 0 Å². The number of rotatable bonds is 8. The van der Waals surface area contributed by atoms with Crippen LogP contribution in [0.15, 0.2) is 24.3 Å². The summed E-state index contributed by atoms with van der Waals surface area (Å²) in [6.07, 6.45) is 0. The lowest BCUT2D eigenvalue weighted by Gasteiger charge is -2.22. The molecule has 0 aromatic heterocycles. The van der Waals surface area contributed by atoms with Gasteiger partial charge in [0.15, 0.2) is 0 Å². The lowest BCUT2D eigenvalue weighted by Crippen LogP contribution is -2.38. The zero-order chi connectivity index (χ0) is 15.0. The number of amides is 1. The van der Waals surface area contributed by atoms with Gasteiger partial charge in [0.25, 0.3) is 5.91 Å². The van der Waals surface area contributed by atoms with Crippen molar-refractivity contribution in [2.45, 2.75) is 6.92 Å². The van der Waals surface area contributed by atoms with Crippen LogP contribution >= 0.6 is 0 Å². The van der Waals surface area contributed by atoms with Crippen LogP contribution in [0.5, 0.6) is 0 Å². The van der Waals surface area contributed by atoms with Crippen LogP contribution in [-0.4, -0.2) is 62.5 Å². The fraction of sp³-hybridized carbons (Fsp3) is 0.533. The number of hydrogen-bond acceptors (Lipinski definition) is 3. The van der Waals surface area contributed by atoms with E-state index < -0.39 is 0 Å². The monoisotopic (exact) mass is 281 g/mol. The Hall–Kier alpha value is -1.46. The minimum Gasteiger partial charge on any atom is -0.351 e. The molecule has 0 spiro atoms. The van der Waals surface area contributed by atoms with Crippen LogP contribution in [0.4, 0.5) is 4.39 Å². The standard InChI is InChI=1S/C15H24FN3O/c1-4-19(12-11-18(2)3)10-9-17-15(20)13-5-7-14(16)8-6-13/h5-8H,4,9-12H2,1-3H3,(H,17,20). The maximum atomic E-state index is 12.8. The van der Waals surface area contributed by atoms with Crippen LogP contribution in [0.1, 0.15) is 17.3 Å². The minimum absolute atomic E-state index is 0.159. The second-order valence-corrected chi connectivity index (χ2v) is 5.00. The Kier molecular flexibility index (Phi) is 7.18. The highest BCUT2D eigenvalue weighted by Crippen LogP contribution is 2.02. The van der Waals surface area contributed by atoms with Crippen molar-refractivity contribution in [1.82, 2.24) is 15.1 Å². The van der Waals surface area contributed by atoms with Crippen molar-refractivity contribution in [3.63, 3.8) is 0 Å². The van der Waals surface area contributed by atoms with Gasteiger partial charge < -0.3 is 15.1 Å². The molecule has 0 radical (unpaired) electrons. The summed E-state index contributed by atoms with van der Waals surface area (Å²) in [7, 11) is 4.09. The molecule has 0 aliphatic carbocycles. The molecule has 0 heterocycles. The van der Waals surface area contributed by atoms with E-state index in [2.05, 4.69) is 22.0 Å². The van der Waals surface area contributed by atoms with Gasteiger partial charge in [-0.3, -0.25) is 4.79 Å². The van der Waals surface area contributed by atoms with Crippen LogP contribution < -0.4 is 5.32 Å². The normalized spacial score (nSPS) is 11.1. The Morgan fingerprint density at radius 1 is 1.15 bits per heavy atom. The average molecular weight is 281 g/mol. The van der Waals surface area contributed by atoms with Gasteiger partial charge in [-0.25, -0.2) is 4.39 Å². The van der Waals surface area contributed by atoms with Crippen LogP contribution in [0.3, 0.4) is 0 Å². The van der Waals surface area contributed by atoms with Gasteiger partial charge >= 0.3 is 0 Å². The Morgan fingerprint density at radius 3 is 2.35 bits per heavy atom. The predicted octanol–water partition coefficient (Wildman–Crippen LogP) is 1.44. The van der Waals surface area contributed by atoms with Crippen molar-refractivity contribution >= 4 is 5.91 Å². The van der Waals surface area contributed by atoms with E-state index in [1.807, 2.05) is 14.1 Å². The fourth-order valence-corrected chi connectivity index (χ4v) is 1.80. The number of benzene rings is 1. The van der Waals surface area contributed by atoms with Crippen LogP contribution in [0.2, 0.25) is 0 Å². The number of carbonyl (C=O) groups excluding carboxylic acids is 1. The molecule has 0 saturated heterocycles. The summed E-state index contributed by atoms with van der Waals surface area (Å²) in [4.78, 5) is 16.3. The van der Waals surface area contributed by atoms with Crippen molar-refractivity contribution in [2.75, 3.05) is 46.8 Å². The largest absolute Gasteiger partial charge is 0.351 e. The highest BCUT2D eigenvalue weighted by Gasteiger charge is 2.07. The molecule has 1 amide bonds. The average Bonchev–Trinajstić information content (AvgIpc) is 2.42. The number of likely N-dealkylation sites (N-methyl/N-ethyl adjacent to an activating group) is 2. The first-order chi connectivity index (χ1) is 9.52. The van der Waals surface area contributed by atoms with Crippen molar-refractivity contribution in [2.24, 2.45) is 0 Å². The number of hydrogen-bond donors (Lipinski definition) is 1. The third kappa shape index (κ3) is 6.12. The number of nitrogens with one attached hydrogen (secondary N) is 1. The lowest BCUT2D eigenvalue weighted by atomic mass is 10.2. The van der Waals surface area contributed by atoms with E-state index in [1.165, 1.54) is 24.3 Å². The SMILES string of the molecule is CCN(CCNC(=O)c1ccc(F)cc1)CCN(C)C. The second kappa shape index (κ2) is 8.66. The first-order valence-electron chi connectivity index (χ1n) is 6.93. The molecule has 0 atom stereocenters. The quantitative estimate of drug-likeness (QED) is 0.783. The summed E-state index contributed by atoms with van der Waals surface area (Å²) >= 11 is 0. The molecule has 4 nitrogen and oxygen atoms in total. The number of carbonyl (C=O) groups is 1. The lowest BCUT2D eigenvalue weighted by molar-refractivity contribution is 0.0948. The van der Waals surface area contributed by atoms with Gasteiger partial charge in [-0.05, 0) is 44.9 Å². The smallest absolute Gasteiger partial charge is 0.251 e. The van der Waals surface area contributed by atoms with E-state index in [4.69, 9.17) is 0 Å². The highest BCUT2D eigenvalue weighted by atomic mass is 19.1. The Balaban J connectivity index is 2.31. The van der Waals surface area contributed by atoms with E-state index in [0.29, 0.717) is 12.1 Å². The van der Waals surface area contributed by atoms with Gasteiger partial charge in [0, 0.05) is 31.7 Å². The summed E-state index contributed by atoms with van der Waals surface area (Å²) in [6, 6.07) is 5.58. The molecule has 0 aliphatic rings. The van der Waals surface area contributed by atoms with E-state index in [0.717, 1.165) is 26.2 Å². The van der Waals surface area contributed by atoms with Crippen molar-refractivity contribution < 1.29 is 9.18 Å². The molecule has 5 heteroatoms. The molecule has 0 aliphatic heterocycles. The summed E-state index contributed by atoms with van der Waals surface area (Å²) in [5.74, 6) is -0.490. The van der Waals surface area contributed by atoms with E-state index >= 15 is 0 Å². The van der Waals surface area contributed by atoms with Crippen molar-refractivity contribution in [3.05, 3.63) is 35.6 Å². The maximum Gasteiger partial charge on any atom is 0.251 e. The van der Waals surface area contributed by atoms with Gasteiger partial charge in [-0.15, -0.1) is 0 Å². The van der Waals surface area contributed by atoms with Gasteiger partial charge in [-0.2, -0.15) is 0 Å². The van der Waals surface area contributed by atoms with Gasteiger partial charge in [-0.1, -0.05) is 6.92 Å². The molecule has 20 heavy (non-hydrogen) atoms. The van der Waals surface area contributed by atoms with E-state index in [9.17, 15) is 9.18 Å². The predicted molar refractivity (Wildman–Crippen MR) is 79.4 cm³/mol. The van der Waals surface area contributed by atoms with Crippen LogP contribution in [-0.2, 0) is 0 Å². The number of halogens is 1. The van der Waals surface area contributed by atoms with Gasteiger partial charge in [0.2, 0.25) is 0 Å². The Morgan fingerprint density at radius 2 is 1.80 bits per heavy atom. The first-order valence-corrected chi connectivity index (χ1v) is 6.93. The summed E-state index contributed by atoms with van der Waals surface area (Å²) < 4.78 is 12.8. The summed E-state index contributed by atoms with van der Waals surface area (Å²) in [6.45, 7) is 6.46.